The Kier molecular flexibility index (Phi) is 6.92. The van der Waals surface area contributed by atoms with Crippen LogP contribution in [0.3, 0.4) is 0 Å². The van der Waals surface area contributed by atoms with Gasteiger partial charge in [-0.3, -0.25) is 19.2 Å². The average molecular weight is 409 g/mol. The van der Waals surface area contributed by atoms with E-state index in [2.05, 4.69) is 16.0 Å². The first-order chi connectivity index (χ1) is 14.4. The predicted octanol–water partition coefficient (Wildman–Crippen LogP) is 2.38. The number of nitrogens with one attached hydrogen (secondary N) is 3. The predicted molar refractivity (Wildman–Crippen MR) is 111 cm³/mol. The molecular formula is C22H23N3O5. The van der Waals surface area contributed by atoms with Gasteiger partial charge in [0.05, 0.1) is 17.4 Å². The Hall–Kier alpha value is -3.52. The van der Waals surface area contributed by atoms with E-state index in [0.29, 0.717) is 24.4 Å². The monoisotopic (exact) mass is 409 g/mol. The molecule has 2 aromatic rings. The van der Waals surface area contributed by atoms with Crippen molar-refractivity contribution in [2.24, 2.45) is 0 Å². The van der Waals surface area contributed by atoms with E-state index in [1.165, 1.54) is 19.1 Å². The molecule has 0 unspecified atom stereocenters. The van der Waals surface area contributed by atoms with Crippen molar-refractivity contribution in [3.8, 4) is 0 Å². The Morgan fingerprint density at radius 2 is 1.83 bits per heavy atom. The fraction of sp³-hybridized carbons (Fsp3) is 0.273. The number of amides is 3. The minimum Gasteiger partial charge on any atom is -0.376 e. The third-order valence-electron chi connectivity index (χ3n) is 4.59. The summed E-state index contributed by atoms with van der Waals surface area (Å²) in [6.07, 6.45) is 1.93. The number of para-hydroxylation sites is 1. The topological polar surface area (TPSA) is 114 Å². The molecule has 156 valence electrons. The zero-order valence-corrected chi connectivity index (χ0v) is 16.6. The van der Waals surface area contributed by atoms with Crippen molar-refractivity contribution in [3.05, 3.63) is 59.7 Å². The van der Waals surface area contributed by atoms with Gasteiger partial charge >= 0.3 is 0 Å². The number of Topliss-reactive ketones (excluding diaryl/α,β-unsaturated/α-hetero) is 1. The van der Waals surface area contributed by atoms with E-state index in [1.807, 2.05) is 0 Å². The van der Waals surface area contributed by atoms with Crippen LogP contribution in [0.25, 0.3) is 0 Å². The highest BCUT2D eigenvalue weighted by Gasteiger charge is 2.21. The van der Waals surface area contributed by atoms with Crippen LogP contribution in [-0.2, 0) is 14.3 Å². The summed E-state index contributed by atoms with van der Waals surface area (Å²) in [6.45, 7) is 2.45. The molecule has 3 N–H and O–H groups in total. The Morgan fingerprint density at radius 3 is 2.57 bits per heavy atom. The molecule has 0 saturated carbocycles. The molecule has 0 spiro atoms. The molecule has 1 saturated heterocycles. The van der Waals surface area contributed by atoms with Crippen LogP contribution in [0.5, 0.6) is 0 Å². The maximum atomic E-state index is 12.6. The van der Waals surface area contributed by atoms with Crippen LogP contribution in [0.4, 0.5) is 11.4 Å². The minimum atomic E-state index is -0.871. The van der Waals surface area contributed by atoms with Gasteiger partial charge in [0.2, 0.25) is 5.91 Å². The van der Waals surface area contributed by atoms with Crippen molar-refractivity contribution in [3.63, 3.8) is 0 Å². The molecule has 30 heavy (non-hydrogen) atoms. The van der Waals surface area contributed by atoms with Crippen LogP contribution in [0, 0.1) is 0 Å². The Bertz CT molecular complexity index is 967. The highest BCUT2D eigenvalue weighted by molar-refractivity contribution is 6.47. The summed E-state index contributed by atoms with van der Waals surface area (Å²) >= 11 is 0. The van der Waals surface area contributed by atoms with Gasteiger partial charge in [-0.2, -0.15) is 0 Å². The van der Waals surface area contributed by atoms with Crippen molar-refractivity contribution in [2.45, 2.75) is 25.9 Å². The molecule has 0 aromatic heterocycles. The van der Waals surface area contributed by atoms with Gasteiger partial charge in [0.15, 0.2) is 0 Å². The zero-order valence-electron chi connectivity index (χ0n) is 16.6. The zero-order chi connectivity index (χ0) is 21.5. The molecule has 0 bridgehead atoms. The molecule has 1 heterocycles. The van der Waals surface area contributed by atoms with Gasteiger partial charge < -0.3 is 20.7 Å². The van der Waals surface area contributed by atoms with Crippen LogP contribution in [0.15, 0.2) is 48.5 Å². The molecular weight excluding hydrogens is 386 g/mol. The molecule has 1 fully saturated rings. The Morgan fingerprint density at radius 1 is 1.03 bits per heavy atom. The maximum absolute atomic E-state index is 12.6. The fourth-order valence-electron chi connectivity index (χ4n) is 3.14. The van der Waals surface area contributed by atoms with E-state index in [4.69, 9.17) is 4.74 Å². The lowest BCUT2D eigenvalue weighted by Gasteiger charge is -2.12. The van der Waals surface area contributed by atoms with E-state index < -0.39 is 11.7 Å². The molecule has 0 aliphatic carbocycles. The molecule has 2 aromatic carbocycles. The third-order valence-corrected chi connectivity index (χ3v) is 4.59. The lowest BCUT2D eigenvalue weighted by Crippen LogP contribution is -2.31. The number of hydrogen-bond donors (Lipinski definition) is 3. The molecule has 3 rings (SSSR count). The average Bonchev–Trinajstić information content (AvgIpc) is 3.25. The number of anilines is 2. The first-order valence-electron chi connectivity index (χ1n) is 9.66. The smallest absolute Gasteiger partial charge is 0.296 e. The second-order valence-corrected chi connectivity index (χ2v) is 6.94. The van der Waals surface area contributed by atoms with Gasteiger partial charge in [0.1, 0.15) is 0 Å². The van der Waals surface area contributed by atoms with E-state index in [9.17, 15) is 19.2 Å². The number of hydrogen-bond acceptors (Lipinski definition) is 5. The molecule has 8 heteroatoms. The number of rotatable bonds is 7. The SMILES string of the molecule is CC(=O)Nc1ccccc1C(=O)C(=O)Nc1cccc(C(=O)NC[C@@H]2CCCO2)c1. The number of ketones is 1. The fourth-order valence-corrected chi connectivity index (χ4v) is 3.14. The Labute approximate surface area is 174 Å². The summed E-state index contributed by atoms with van der Waals surface area (Å²) in [7, 11) is 0. The van der Waals surface area contributed by atoms with Crippen molar-refractivity contribution < 1.29 is 23.9 Å². The van der Waals surface area contributed by atoms with Crippen LogP contribution >= 0.6 is 0 Å². The lowest BCUT2D eigenvalue weighted by atomic mass is 10.1. The van der Waals surface area contributed by atoms with Gasteiger partial charge in [0, 0.05) is 31.3 Å². The summed E-state index contributed by atoms with van der Waals surface area (Å²) in [5.74, 6) is -2.31. The highest BCUT2D eigenvalue weighted by atomic mass is 16.5. The maximum Gasteiger partial charge on any atom is 0.296 e. The van der Waals surface area contributed by atoms with Gasteiger partial charge in [-0.05, 0) is 43.2 Å². The van der Waals surface area contributed by atoms with Gasteiger partial charge in [-0.25, -0.2) is 0 Å². The normalized spacial score (nSPS) is 15.3. The van der Waals surface area contributed by atoms with Crippen LogP contribution in [0.2, 0.25) is 0 Å². The standard InChI is InChI=1S/C22H23N3O5/c1-14(26)24-19-10-3-2-9-18(19)20(27)22(29)25-16-7-4-6-15(12-16)21(28)23-13-17-8-5-11-30-17/h2-4,6-7,9-10,12,17H,5,8,11,13H2,1H3,(H,23,28)(H,24,26)(H,25,29)/t17-/m0/s1. The first-order valence-corrected chi connectivity index (χ1v) is 9.66. The summed E-state index contributed by atoms with van der Waals surface area (Å²) < 4.78 is 5.48. The number of ether oxygens (including phenoxy) is 1. The summed E-state index contributed by atoms with van der Waals surface area (Å²) in [5, 5.41) is 7.85. The quantitative estimate of drug-likeness (QED) is 0.480. The van der Waals surface area contributed by atoms with Crippen molar-refractivity contribution in [1.82, 2.24) is 5.32 Å². The van der Waals surface area contributed by atoms with Crippen LogP contribution < -0.4 is 16.0 Å². The van der Waals surface area contributed by atoms with Crippen LogP contribution in [-0.4, -0.2) is 42.8 Å². The minimum absolute atomic E-state index is 0.0261. The largest absolute Gasteiger partial charge is 0.376 e. The van der Waals surface area contributed by atoms with Gasteiger partial charge in [0.25, 0.3) is 17.6 Å². The molecule has 0 radical (unpaired) electrons. The number of benzene rings is 2. The van der Waals surface area contributed by atoms with Crippen molar-refractivity contribution in [1.29, 1.82) is 0 Å². The Balaban J connectivity index is 1.65. The lowest BCUT2D eigenvalue weighted by molar-refractivity contribution is -0.114. The number of carbonyl (C=O) groups is 4. The molecule has 3 amide bonds. The van der Waals surface area contributed by atoms with E-state index in [0.717, 1.165) is 12.8 Å². The summed E-state index contributed by atoms with van der Waals surface area (Å²) in [6, 6.07) is 12.6. The second kappa shape index (κ2) is 9.80. The molecule has 1 atom stereocenters. The first kappa shape index (κ1) is 21.2. The van der Waals surface area contributed by atoms with Crippen molar-refractivity contribution >= 4 is 34.9 Å². The van der Waals surface area contributed by atoms with Crippen LogP contribution in [0.1, 0.15) is 40.5 Å². The van der Waals surface area contributed by atoms with Gasteiger partial charge in [-0.15, -0.1) is 0 Å². The van der Waals surface area contributed by atoms with E-state index in [-0.39, 0.29) is 29.2 Å². The van der Waals surface area contributed by atoms with E-state index in [1.54, 1.807) is 36.4 Å². The van der Waals surface area contributed by atoms with E-state index >= 15 is 0 Å². The van der Waals surface area contributed by atoms with Crippen molar-refractivity contribution in [2.75, 3.05) is 23.8 Å². The molecule has 1 aliphatic heterocycles. The molecule has 1 aliphatic rings. The molecule has 8 nitrogen and oxygen atoms in total. The number of carbonyl (C=O) groups excluding carboxylic acids is 4. The third kappa shape index (κ3) is 5.51. The highest BCUT2D eigenvalue weighted by Crippen LogP contribution is 2.18. The summed E-state index contributed by atoms with van der Waals surface area (Å²) in [5.41, 5.74) is 1.01. The summed E-state index contributed by atoms with van der Waals surface area (Å²) in [4.78, 5) is 48.7. The van der Waals surface area contributed by atoms with Gasteiger partial charge in [-0.1, -0.05) is 18.2 Å². The second-order valence-electron chi connectivity index (χ2n) is 6.94.